The zero-order chi connectivity index (χ0) is 20.1. The van der Waals surface area contributed by atoms with Crippen LogP contribution in [0.15, 0.2) is 65.5 Å². The van der Waals surface area contributed by atoms with Crippen LogP contribution in [0.3, 0.4) is 0 Å². The molecule has 0 aliphatic rings. The van der Waals surface area contributed by atoms with E-state index in [0.29, 0.717) is 10.7 Å². The number of anilines is 2. The first-order chi connectivity index (χ1) is 13.5. The minimum absolute atomic E-state index is 0.0399. The van der Waals surface area contributed by atoms with Gasteiger partial charge in [0.1, 0.15) is 0 Å². The van der Waals surface area contributed by atoms with Gasteiger partial charge in [-0.3, -0.25) is 9.59 Å². The van der Waals surface area contributed by atoms with Gasteiger partial charge in [0.05, 0.1) is 30.9 Å². The Labute approximate surface area is 165 Å². The predicted octanol–water partition coefficient (Wildman–Crippen LogP) is 3.96. The van der Waals surface area contributed by atoms with Crippen molar-refractivity contribution in [2.24, 2.45) is 0 Å². The lowest BCUT2D eigenvalue weighted by molar-refractivity contribution is -0.133. The van der Waals surface area contributed by atoms with Gasteiger partial charge in [-0.05, 0) is 42.0 Å². The summed E-state index contributed by atoms with van der Waals surface area (Å²) in [7, 11) is 1.20. The average Bonchev–Trinajstić information content (AvgIpc) is 3.23. The number of hydrogen-bond acceptors (Lipinski definition) is 5. The molecule has 0 aliphatic heterocycles. The van der Waals surface area contributed by atoms with Crippen LogP contribution in [-0.2, 0) is 14.3 Å². The number of ether oxygens (including phenoxy) is 1. The van der Waals surface area contributed by atoms with Crippen LogP contribution < -0.4 is 10.6 Å². The lowest BCUT2D eigenvalue weighted by Gasteiger charge is -2.11. The topological polar surface area (TPSA) is 97.6 Å². The van der Waals surface area contributed by atoms with E-state index >= 15 is 0 Å². The summed E-state index contributed by atoms with van der Waals surface area (Å²) in [5, 5.41) is 5.19. The van der Waals surface area contributed by atoms with Crippen molar-refractivity contribution < 1.29 is 23.5 Å². The SMILES string of the molecule is COC(=O)c1cc(Cl)ccc1NC(=O)C(=O)Nc1cccc(-c2ccoc2)c1. The average molecular weight is 399 g/mol. The molecular weight excluding hydrogens is 384 g/mol. The van der Waals surface area contributed by atoms with Crippen molar-refractivity contribution in [3.8, 4) is 11.1 Å². The second kappa shape index (κ2) is 8.41. The predicted molar refractivity (Wildman–Crippen MR) is 104 cm³/mol. The zero-order valence-corrected chi connectivity index (χ0v) is 15.4. The number of nitrogens with one attached hydrogen (secondary N) is 2. The molecule has 1 heterocycles. The molecule has 3 rings (SSSR count). The molecule has 0 saturated heterocycles. The molecule has 2 amide bonds. The first-order valence-electron chi connectivity index (χ1n) is 8.11. The van der Waals surface area contributed by atoms with Crippen molar-refractivity contribution in [3.63, 3.8) is 0 Å². The quantitative estimate of drug-likeness (QED) is 0.512. The number of amides is 2. The van der Waals surface area contributed by atoms with Crippen LogP contribution in [0.5, 0.6) is 0 Å². The summed E-state index contributed by atoms with van der Waals surface area (Å²) >= 11 is 5.87. The highest BCUT2D eigenvalue weighted by atomic mass is 35.5. The Kier molecular flexibility index (Phi) is 5.76. The first-order valence-corrected chi connectivity index (χ1v) is 8.48. The number of furan rings is 1. The van der Waals surface area contributed by atoms with E-state index in [9.17, 15) is 14.4 Å². The number of methoxy groups -OCH3 is 1. The highest BCUT2D eigenvalue weighted by molar-refractivity contribution is 6.44. The van der Waals surface area contributed by atoms with Crippen molar-refractivity contribution >= 4 is 40.8 Å². The molecule has 3 aromatic rings. The van der Waals surface area contributed by atoms with Gasteiger partial charge in [0.15, 0.2) is 0 Å². The minimum Gasteiger partial charge on any atom is -0.472 e. The van der Waals surface area contributed by atoms with Crippen LogP contribution in [0.25, 0.3) is 11.1 Å². The Hall–Kier alpha value is -3.58. The third-order valence-corrected chi connectivity index (χ3v) is 4.05. The molecule has 0 radical (unpaired) electrons. The molecule has 0 unspecified atom stereocenters. The van der Waals surface area contributed by atoms with Gasteiger partial charge in [-0.15, -0.1) is 0 Å². The molecule has 2 N–H and O–H groups in total. The number of esters is 1. The Morgan fingerprint density at radius 3 is 2.46 bits per heavy atom. The number of halogens is 1. The van der Waals surface area contributed by atoms with Gasteiger partial charge in [0.2, 0.25) is 0 Å². The molecule has 0 bridgehead atoms. The highest BCUT2D eigenvalue weighted by Crippen LogP contribution is 2.24. The lowest BCUT2D eigenvalue weighted by atomic mass is 10.1. The number of carbonyl (C=O) groups is 3. The van der Waals surface area contributed by atoms with Crippen LogP contribution >= 0.6 is 11.6 Å². The summed E-state index contributed by atoms with van der Waals surface area (Å²) in [6.45, 7) is 0. The zero-order valence-electron chi connectivity index (χ0n) is 14.7. The second-order valence-corrected chi connectivity index (χ2v) is 6.12. The molecule has 0 saturated carbocycles. The summed E-state index contributed by atoms with van der Waals surface area (Å²) in [6, 6.07) is 13.0. The molecule has 2 aromatic carbocycles. The smallest absolute Gasteiger partial charge is 0.340 e. The van der Waals surface area contributed by atoms with Crippen LogP contribution in [0, 0.1) is 0 Å². The highest BCUT2D eigenvalue weighted by Gasteiger charge is 2.19. The van der Waals surface area contributed by atoms with Crippen molar-refractivity contribution in [1.82, 2.24) is 0 Å². The van der Waals surface area contributed by atoms with Crippen molar-refractivity contribution in [2.75, 3.05) is 17.7 Å². The van der Waals surface area contributed by atoms with Gasteiger partial charge in [-0.25, -0.2) is 4.79 Å². The summed E-state index contributed by atoms with van der Waals surface area (Å²) < 4.78 is 9.71. The van der Waals surface area contributed by atoms with Crippen LogP contribution in [0.4, 0.5) is 11.4 Å². The number of hydrogen-bond donors (Lipinski definition) is 2. The third-order valence-electron chi connectivity index (χ3n) is 3.82. The van der Waals surface area contributed by atoms with E-state index in [1.165, 1.54) is 25.3 Å². The van der Waals surface area contributed by atoms with Gasteiger partial charge >= 0.3 is 17.8 Å². The van der Waals surface area contributed by atoms with E-state index in [0.717, 1.165) is 11.1 Å². The lowest BCUT2D eigenvalue weighted by Crippen LogP contribution is -2.29. The molecule has 1 aromatic heterocycles. The number of rotatable bonds is 4. The third kappa shape index (κ3) is 4.39. The summed E-state index contributed by atoms with van der Waals surface area (Å²) in [5.74, 6) is -2.53. The summed E-state index contributed by atoms with van der Waals surface area (Å²) in [6.07, 6.45) is 3.11. The van der Waals surface area contributed by atoms with Gasteiger partial charge < -0.3 is 19.8 Å². The standard InChI is InChI=1S/C20H15ClN2O5/c1-27-20(26)16-10-14(21)5-6-17(16)23-19(25)18(24)22-15-4-2-3-12(9-15)13-7-8-28-11-13/h2-11H,1H3,(H,22,24)(H,23,25). The molecule has 8 heteroatoms. The van der Waals surface area contributed by atoms with Gasteiger partial charge in [-0.1, -0.05) is 23.7 Å². The Morgan fingerprint density at radius 2 is 1.75 bits per heavy atom. The fourth-order valence-electron chi connectivity index (χ4n) is 2.48. The number of carbonyl (C=O) groups excluding carboxylic acids is 3. The Balaban J connectivity index is 1.73. The Bertz CT molecular complexity index is 1030. The van der Waals surface area contributed by atoms with E-state index in [1.54, 1.807) is 36.8 Å². The fourth-order valence-corrected chi connectivity index (χ4v) is 2.65. The van der Waals surface area contributed by atoms with Crippen LogP contribution in [-0.4, -0.2) is 24.9 Å². The molecule has 28 heavy (non-hydrogen) atoms. The van der Waals surface area contributed by atoms with E-state index < -0.39 is 17.8 Å². The van der Waals surface area contributed by atoms with Gasteiger partial charge in [-0.2, -0.15) is 0 Å². The largest absolute Gasteiger partial charge is 0.472 e. The molecule has 0 spiro atoms. The van der Waals surface area contributed by atoms with Crippen molar-refractivity contribution in [2.45, 2.75) is 0 Å². The Morgan fingerprint density at radius 1 is 0.964 bits per heavy atom. The van der Waals surface area contributed by atoms with E-state index in [-0.39, 0.29) is 11.3 Å². The van der Waals surface area contributed by atoms with Crippen molar-refractivity contribution in [1.29, 1.82) is 0 Å². The summed E-state index contributed by atoms with van der Waals surface area (Å²) in [5.41, 5.74) is 2.24. The number of benzene rings is 2. The minimum atomic E-state index is -0.943. The molecule has 7 nitrogen and oxygen atoms in total. The maximum absolute atomic E-state index is 12.3. The van der Waals surface area contributed by atoms with E-state index in [1.807, 2.05) is 6.07 Å². The van der Waals surface area contributed by atoms with E-state index in [2.05, 4.69) is 15.4 Å². The van der Waals surface area contributed by atoms with Gasteiger partial charge in [0.25, 0.3) is 0 Å². The molecule has 0 atom stereocenters. The first kappa shape index (κ1) is 19.2. The summed E-state index contributed by atoms with van der Waals surface area (Å²) in [4.78, 5) is 36.3. The monoisotopic (exact) mass is 398 g/mol. The second-order valence-electron chi connectivity index (χ2n) is 5.68. The fraction of sp³-hybridized carbons (Fsp3) is 0.0500. The molecular formula is C20H15ClN2O5. The maximum atomic E-state index is 12.3. The normalized spacial score (nSPS) is 10.2. The maximum Gasteiger partial charge on any atom is 0.340 e. The molecule has 142 valence electrons. The van der Waals surface area contributed by atoms with Gasteiger partial charge in [0, 0.05) is 16.3 Å². The molecule has 0 aliphatic carbocycles. The van der Waals surface area contributed by atoms with E-state index in [4.69, 9.17) is 16.0 Å². The molecule has 0 fully saturated rings. The van der Waals surface area contributed by atoms with Crippen molar-refractivity contribution in [3.05, 3.63) is 71.6 Å². The van der Waals surface area contributed by atoms with Crippen LogP contribution in [0.2, 0.25) is 5.02 Å². The van der Waals surface area contributed by atoms with Crippen LogP contribution in [0.1, 0.15) is 10.4 Å².